The van der Waals surface area contributed by atoms with Gasteiger partial charge in [-0.15, -0.1) is 0 Å². The van der Waals surface area contributed by atoms with Crippen molar-refractivity contribution < 1.29 is 22.3 Å². The SMILES string of the molecule is CNS(=O)(=O)c1ccc(OCC2CC2)cc1C(=O)N1CCN(c2ccc(C#N)cc2F)CC1. The Morgan fingerprint density at radius 3 is 2.52 bits per heavy atom. The third-order valence-corrected chi connectivity index (χ3v) is 7.38. The van der Waals surface area contributed by atoms with E-state index in [4.69, 9.17) is 10.00 Å². The lowest BCUT2D eigenvalue weighted by atomic mass is 10.1. The third kappa shape index (κ3) is 5.10. The van der Waals surface area contributed by atoms with Gasteiger partial charge in [0.2, 0.25) is 10.0 Å². The van der Waals surface area contributed by atoms with Crippen molar-refractivity contribution in [2.75, 3.05) is 44.7 Å². The molecule has 1 saturated heterocycles. The van der Waals surface area contributed by atoms with Crippen molar-refractivity contribution in [2.45, 2.75) is 17.7 Å². The van der Waals surface area contributed by atoms with Gasteiger partial charge in [0.1, 0.15) is 11.6 Å². The van der Waals surface area contributed by atoms with Gasteiger partial charge in [-0.25, -0.2) is 17.5 Å². The first-order valence-electron chi connectivity index (χ1n) is 10.8. The second-order valence-electron chi connectivity index (χ2n) is 8.18. The molecule has 33 heavy (non-hydrogen) atoms. The number of nitrogens with one attached hydrogen (secondary N) is 1. The quantitative estimate of drug-likeness (QED) is 0.664. The fraction of sp³-hybridized carbons (Fsp3) is 0.391. The summed E-state index contributed by atoms with van der Waals surface area (Å²) < 4.78 is 47.5. The average molecular weight is 473 g/mol. The zero-order valence-electron chi connectivity index (χ0n) is 18.3. The van der Waals surface area contributed by atoms with E-state index in [0.717, 1.165) is 12.8 Å². The Labute approximate surface area is 192 Å². The van der Waals surface area contributed by atoms with Crippen molar-refractivity contribution in [3.05, 3.63) is 53.3 Å². The number of rotatable bonds is 7. The van der Waals surface area contributed by atoms with E-state index in [1.54, 1.807) is 28.0 Å². The van der Waals surface area contributed by atoms with Crippen molar-refractivity contribution in [3.8, 4) is 11.8 Å². The van der Waals surface area contributed by atoms with E-state index in [9.17, 15) is 17.6 Å². The summed E-state index contributed by atoms with van der Waals surface area (Å²) in [6.07, 6.45) is 2.23. The Morgan fingerprint density at radius 2 is 1.91 bits per heavy atom. The van der Waals surface area contributed by atoms with Gasteiger partial charge in [0, 0.05) is 26.2 Å². The Kier molecular flexibility index (Phi) is 6.54. The molecule has 0 unspecified atom stereocenters. The largest absolute Gasteiger partial charge is 0.493 e. The van der Waals surface area contributed by atoms with E-state index in [-0.39, 0.29) is 16.0 Å². The highest BCUT2D eigenvalue weighted by molar-refractivity contribution is 7.89. The van der Waals surface area contributed by atoms with Gasteiger partial charge in [0.25, 0.3) is 5.91 Å². The molecule has 2 aliphatic rings. The number of benzene rings is 2. The minimum Gasteiger partial charge on any atom is -0.493 e. The number of sulfonamides is 1. The van der Waals surface area contributed by atoms with Crippen molar-refractivity contribution in [1.29, 1.82) is 5.26 Å². The highest BCUT2D eigenvalue weighted by atomic mass is 32.2. The number of nitrogens with zero attached hydrogens (tertiary/aromatic N) is 3. The molecule has 1 aliphatic heterocycles. The first kappa shape index (κ1) is 23.0. The fourth-order valence-corrected chi connectivity index (χ4v) is 4.67. The number of anilines is 1. The predicted molar refractivity (Wildman–Crippen MR) is 120 cm³/mol. The summed E-state index contributed by atoms with van der Waals surface area (Å²) in [5.74, 6) is 0.0662. The van der Waals surface area contributed by atoms with Crippen LogP contribution in [-0.4, -0.2) is 59.1 Å². The van der Waals surface area contributed by atoms with Gasteiger partial charge < -0.3 is 14.5 Å². The Hall–Kier alpha value is -3.16. The van der Waals surface area contributed by atoms with Crippen LogP contribution in [0, 0.1) is 23.1 Å². The number of nitriles is 1. The monoisotopic (exact) mass is 472 g/mol. The summed E-state index contributed by atoms with van der Waals surface area (Å²) in [6.45, 7) is 1.89. The minimum absolute atomic E-state index is 0.0515. The molecule has 2 aromatic rings. The number of hydrogen-bond donors (Lipinski definition) is 1. The molecule has 1 N–H and O–H groups in total. The van der Waals surface area contributed by atoms with Gasteiger partial charge in [-0.05, 0) is 62.2 Å². The predicted octanol–water partition coefficient (Wildman–Crippen LogP) is 2.36. The number of ether oxygens (including phenoxy) is 1. The topological polar surface area (TPSA) is 103 Å². The summed E-state index contributed by atoms with van der Waals surface area (Å²) in [5, 5.41) is 8.92. The first-order valence-corrected chi connectivity index (χ1v) is 12.2. The third-order valence-electron chi connectivity index (χ3n) is 5.91. The molecule has 10 heteroatoms. The van der Waals surface area contributed by atoms with Crippen molar-refractivity contribution in [3.63, 3.8) is 0 Å². The zero-order chi connectivity index (χ0) is 23.6. The van der Waals surface area contributed by atoms with E-state index in [1.807, 2.05) is 6.07 Å². The van der Waals surface area contributed by atoms with Gasteiger partial charge in [-0.1, -0.05) is 0 Å². The lowest BCUT2D eigenvalue weighted by Gasteiger charge is -2.36. The molecule has 0 atom stereocenters. The smallest absolute Gasteiger partial charge is 0.255 e. The molecule has 2 aromatic carbocycles. The maximum Gasteiger partial charge on any atom is 0.255 e. The molecule has 0 spiro atoms. The molecule has 0 aromatic heterocycles. The van der Waals surface area contributed by atoms with Crippen LogP contribution in [0.2, 0.25) is 0 Å². The van der Waals surface area contributed by atoms with Gasteiger partial charge in [-0.2, -0.15) is 5.26 Å². The number of halogens is 1. The first-order chi connectivity index (χ1) is 15.8. The van der Waals surface area contributed by atoms with Gasteiger partial charge >= 0.3 is 0 Å². The van der Waals surface area contributed by atoms with Crippen LogP contribution in [0.15, 0.2) is 41.3 Å². The molecule has 0 bridgehead atoms. The van der Waals surface area contributed by atoms with E-state index in [1.165, 1.54) is 25.2 Å². The summed E-state index contributed by atoms with van der Waals surface area (Å²) in [6, 6.07) is 10.7. The molecule has 174 valence electrons. The molecule has 0 radical (unpaired) electrons. The van der Waals surface area contributed by atoms with Crippen LogP contribution in [0.4, 0.5) is 10.1 Å². The van der Waals surface area contributed by atoms with Gasteiger partial charge in [-0.3, -0.25) is 4.79 Å². The molecular formula is C23H25FN4O4S. The van der Waals surface area contributed by atoms with Crippen LogP contribution in [0.25, 0.3) is 0 Å². The van der Waals surface area contributed by atoms with Crippen LogP contribution in [0.5, 0.6) is 5.75 Å². The summed E-state index contributed by atoms with van der Waals surface area (Å²) >= 11 is 0. The highest BCUT2D eigenvalue weighted by Gasteiger charge is 2.29. The molecule has 8 nitrogen and oxygen atoms in total. The van der Waals surface area contributed by atoms with Crippen LogP contribution in [0.3, 0.4) is 0 Å². The van der Waals surface area contributed by atoms with Crippen LogP contribution in [0.1, 0.15) is 28.8 Å². The van der Waals surface area contributed by atoms with E-state index in [2.05, 4.69) is 4.72 Å². The standard InChI is InChI=1S/C23H25FN4O4S/c1-26-33(30,31)22-7-5-18(32-15-16-2-3-16)13-19(22)23(29)28-10-8-27(9-11-28)21-6-4-17(14-25)12-20(21)24/h4-7,12-13,16,26H,2-3,8-11,15H2,1H3. The second kappa shape index (κ2) is 9.37. The molecule has 2 fully saturated rings. The lowest BCUT2D eigenvalue weighted by molar-refractivity contribution is 0.0742. The Morgan fingerprint density at radius 1 is 1.18 bits per heavy atom. The number of carbonyl (C=O) groups excluding carboxylic acids is 1. The Balaban J connectivity index is 1.52. The number of carbonyl (C=O) groups is 1. The van der Waals surface area contributed by atoms with E-state index < -0.39 is 21.7 Å². The number of piperazine rings is 1. The Bertz CT molecular complexity index is 1200. The summed E-state index contributed by atoms with van der Waals surface area (Å²) in [4.78, 5) is 16.6. The number of hydrogen-bond acceptors (Lipinski definition) is 6. The summed E-state index contributed by atoms with van der Waals surface area (Å²) in [7, 11) is -2.56. The van der Waals surface area contributed by atoms with E-state index in [0.29, 0.717) is 50.1 Å². The van der Waals surface area contributed by atoms with Crippen LogP contribution < -0.4 is 14.4 Å². The molecule has 1 aliphatic carbocycles. The highest BCUT2D eigenvalue weighted by Crippen LogP contribution is 2.31. The molecule has 1 heterocycles. The second-order valence-corrected chi connectivity index (χ2v) is 10.0. The number of amides is 1. The molecule has 4 rings (SSSR count). The molecular weight excluding hydrogens is 447 g/mol. The van der Waals surface area contributed by atoms with Crippen LogP contribution in [-0.2, 0) is 10.0 Å². The molecule has 1 amide bonds. The van der Waals surface area contributed by atoms with Gasteiger partial charge in [0.15, 0.2) is 0 Å². The van der Waals surface area contributed by atoms with Crippen molar-refractivity contribution in [2.24, 2.45) is 5.92 Å². The fourth-order valence-electron chi connectivity index (χ4n) is 3.76. The maximum absolute atomic E-state index is 14.4. The minimum atomic E-state index is -3.85. The normalized spacial score (nSPS) is 16.4. The average Bonchev–Trinajstić information content (AvgIpc) is 3.67. The van der Waals surface area contributed by atoms with E-state index >= 15 is 0 Å². The van der Waals surface area contributed by atoms with Gasteiger partial charge in [0.05, 0.1) is 34.4 Å². The van der Waals surface area contributed by atoms with Crippen molar-refractivity contribution >= 4 is 21.6 Å². The van der Waals surface area contributed by atoms with Crippen LogP contribution >= 0.6 is 0 Å². The lowest BCUT2D eigenvalue weighted by Crippen LogP contribution is -2.49. The molecule has 1 saturated carbocycles. The van der Waals surface area contributed by atoms with Crippen molar-refractivity contribution in [1.82, 2.24) is 9.62 Å². The zero-order valence-corrected chi connectivity index (χ0v) is 19.1. The maximum atomic E-state index is 14.4. The summed E-state index contributed by atoms with van der Waals surface area (Å²) in [5.41, 5.74) is 0.665.